The number of carbonyl (C=O) groups is 2. The third kappa shape index (κ3) is 3.19. The minimum absolute atomic E-state index is 0.0470. The highest BCUT2D eigenvalue weighted by molar-refractivity contribution is 5.86. The zero-order valence-electron chi connectivity index (χ0n) is 10.4. The Hall–Kier alpha value is -1.10. The van der Waals surface area contributed by atoms with E-state index in [2.05, 4.69) is 17.6 Å². The molecule has 0 radical (unpaired) electrons. The standard InChI is InChI=1S/C12H21N3O2/c1-9-3-2-4-13-10(9)7-12(17)15-6-5-14-11(16)8-15/h9-10,13H,2-8H2,1H3,(H,14,16). The molecule has 0 bridgehead atoms. The Morgan fingerprint density at radius 2 is 2.29 bits per heavy atom. The second kappa shape index (κ2) is 5.49. The van der Waals surface area contributed by atoms with Crippen molar-refractivity contribution in [1.82, 2.24) is 15.5 Å². The van der Waals surface area contributed by atoms with Crippen molar-refractivity contribution < 1.29 is 9.59 Å². The summed E-state index contributed by atoms with van der Waals surface area (Å²) in [5.41, 5.74) is 0. The van der Waals surface area contributed by atoms with Crippen LogP contribution in [-0.4, -0.2) is 48.9 Å². The van der Waals surface area contributed by atoms with Crippen LogP contribution in [0.2, 0.25) is 0 Å². The molecule has 0 saturated carbocycles. The van der Waals surface area contributed by atoms with Crippen molar-refractivity contribution in [2.75, 3.05) is 26.2 Å². The molecule has 2 N–H and O–H groups in total. The molecule has 0 aromatic carbocycles. The summed E-state index contributed by atoms with van der Waals surface area (Å²) < 4.78 is 0. The number of piperidine rings is 1. The van der Waals surface area contributed by atoms with E-state index in [4.69, 9.17) is 0 Å². The van der Waals surface area contributed by atoms with Gasteiger partial charge in [-0.2, -0.15) is 0 Å². The SMILES string of the molecule is CC1CCCNC1CC(=O)N1CCNC(=O)C1. The summed E-state index contributed by atoms with van der Waals surface area (Å²) in [5.74, 6) is 0.603. The van der Waals surface area contributed by atoms with Crippen LogP contribution in [0, 0.1) is 5.92 Å². The van der Waals surface area contributed by atoms with Crippen molar-refractivity contribution >= 4 is 11.8 Å². The third-order valence-corrected chi connectivity index (χ3v) is 3.72. The lowest BCUT2D eigenvalue weighted by Gasteiger charge is -2.33. The van der Waals surface area contributed by atoms with Crippen LogP contribution in [0.5, 0.6) is 0 Å². The fourth-order valence-electron chi connectivity index (χ4n) is 2.56. The number of amides is 2. The van der Waals surface area contributed by atoms with Gasteiger partial charge in [-0.25, -0.2) is 0 Å². The maximum Gasteiger partial charge on any atom is 0.239 e. The molecule has 0 aliphatic carbocycles. The second-order valence-corrected chi connectivity index (χ2v) is 5.05. The lowest BCUT2D eigenvalue weighted by Crippen LogP contribution is -2.52. The summed E-state index contributed by atoms with van der Waals surface area (Å²) in [7, 11) is 0. The van der Waals surface area contributed by atoms with Crippen LogP contribution < -0.4 is 10.6 Å². The van der Waals surface area contributed by atoms with Gasteiger partial charge in [-0.1, -0.05) is 6.92 Å². The summed E-state index contributed by atoms with van der Waals surface area (Å²) in [6.45, 7) is 4.64. The van der Waals surface area contributed by atoms with Crippen LogP contribution in [0.4, 0.5) is 0 Å². The normalized spacial score (nSPS) is 29.9. The first-order valence-electron chi connectivity index (χ1n) is 6.44. The van der Waals surface area contributed by atoms with Gasteiger partial charge in [-0.3, -0.25) is 9.59 Å². The van der Waals surface area contributed by atoms with Crippen molar-refractivity contribution in [3.8, 4) is 0 Å². The van der Waals surface area contributed by atoms with E-state index >= 15 is 0 Å². The number of carbonyl (C=O) groups excluding carboxylic acids is 2. The van der Waals surface area contributed by atoms with E-state index in [-0.39, 0.29) is 24.4 Å². The smallest absolute Gasteiger partial charge is 0.239 e. The fraction of sp³-hybridized carbons (Fsp3) is 0.833. The maximum atomic E-state index is 12.1. The molecular formula is C12H21N3O2. The van der Waals surface area contributed by atoms with Gasteiger partial charge < -0.3 is 15.5 Å². The molecule has 2 amide bonds. The van der Waals surface area contributed by atoms with Crippen molar-refractivity contribution in [2.45, 2.75) is 32.2 Å². The third-order valence-electron chi connectivity index (χ3n) is 3.72. The maximum absolute atomic E-state index is 12.1. The van der Waals surface area contributed by atoms with Gasteiger partial charge in [0.15, 0.2) is 0 Å². The summed E-state index contributed by atoms with van der Waals surface area (Å²) in [4.78, 5) is 24.9. The summed E-state index contributed by atoms with van der Waals surface area (Å²) in [5, 5.41) is 6.13. The van der Waals surface area contributed by atoms with Gasteiger partial charge in [0.1, 0.15) is 0 Å². The Labute approximate surface area is 102 Å². The Bertz CT molecular complexity index is 306. The van der Waals surface area contributed by atoms with E-state index in [1.807, 2.05) is 0 Å². The zero-order valence-corrected chi connectivity index (χ0v) is 10.4. The average molecular weight is 239 g/mol. The molecule has 2 atom stereocenters. The first kappa shape index (κ1) is 12.4. The van der Waals surface area contributed by atoms with Crippen LogP contribution in [-0.2, 0) is 9.59 Å². The lowest BCUT2D eigenvalue weighted by atomic mass is 9.90. The largest absolute Gasteiger partial charge is 0.353 e. The molecule has 2 unspecified atom stereocenters. The van der Waals surface area contributed by atoms with Crippen LogP contribution in [0.3, 0.4) is 0 Å². The number of rotatable bonds is 2. The molecule has 0 spiro atoms. The number of nitrogens with zero attached hydrogens (tertiary/aromatic N) is 1. The van der Waals surface area contributed by atoms with Gasteiger partial charge in [-0.05, 0) is 25.3 Å². The molecular weight excluding hydrogens is 218 g/mol. The van der Waals surface area contributed by atoms with E-state index in [9.17, 15) is 9.59 Å². The first-order chi connectivity index (χ1) is 8.16. The van der Waals surface area contributed by atoms with Crippen LogP contribution in [0.1, 0.15) is 26.2 Å². The minimum atomic E-state index is -0.0470. The first-order valence-corrected chi connectivity index (χ1v) is 6.44. The number of nitrogens with one attached hydrogen (secondary N) is 2. The lowest BCUT2D eigenvalue weighted by molar-refractivity contribution is -0.138. The number of hydrogen-bond donors (Lipinski definition) is 2. The molecule has 5 nitrogen and oxygen atoms in total. The fourth-order valence-corrected chi connectivity index (χ4v) is 2.56. The zero-order chi connectivity index (χ0) is 12.3. The Kier molecular flexibility index (Phi) is 3.99. The van der Waals surface area contributed by atoms with Gasteiger partial charge in [-0.15, -0.1) is 0 Å². The predicted molar refractivity (Wildman–Crippen MR) is 64.4 cm³/mol. The topological polar surface area (TPSA) is 61.4 Å². The van der Waals surface area contributed by atoms with E-state index in [0.29, 0.717) is 25.4 Å². The summed E-state index contributed by atoms with van der Waals surface area (Å²) >= 11 is 0. The van der Waals surface area contributed by atoms with E-state index in [1.54, 1.807) is 4.90 Å². The van der Waals surface area contributed by atoms with Gasteiger partial charge in [0.25, 0.3) is 0 Å². The molecule has 0 aromatic heterocycles. The second-order valence-electron chi connectivity index (χ2n) is 5.05. The predicted octanol–water partition coefficient (Wildman–Crippen LogP) is -0.277. The molecule has 2 fully saturated rings. The Balaban J connectivity index is 1.85. The van der Waals surface area contributed by atoms with E-state index in [0.717, 1.165) is 6.54 Å². The van der Waals surface area contributed by atoms with Crippen molar-refractivity contribution in [3.05, 3.63) is 0 Å². The monoisotopic (exact) mass is 239 g/mol. The molecule has 17 heavy (non-hydrogen) atoms. The Morgan fingerprint density at radius 3 is 3.00 bits per heavy atom. The molecule has 2 aliphatic rings. The van der Waals surface area contributed by atoms with Crippen molar-refractivity contribution in [2.24, 2.45) is 5.92 Å². The molecule has 96 valence electrons. The van der Waals surface area contributed by atoms with Crippen molar-refractivity contribution in [1.29, 1.82) is 0 Å². The van der Waals surface area contributed by atoms with E-state index in [1.165, 1.54) is 12.8 Å². The summed E-state index contributed by atoms with van der Waals surface area (Å²) in [6, 6.07) is 0.279. The van der Waals surface area contributed by atoms with Gasteiger partial charge in [0.2, 0.25) is 11.8 Å². The highest BCUT2D eigenvalue weighted by Crippen LogP contribution is 2.18. The highest BCUT2D eigenvalue weighted by Gasteiger charge is 2.27. The highest BCUT2D eigenvalue weighted by atomic mass is 16.2. The molecule has 5 heteroatoms. The van der Waals surface area contributed by atoms with Crippen molar-refractivity contribution in [3.63, 3.8) is 0 Å². The van der Waals surface area contributed by atoms with Crippen LogP contribution in [0.15, 0.2) is 0 Å². The van der Waals surface area contributed by atoms with Gasteiger partial charge >= 0.3 is 0 Å². The van der Waals surface area contributed by atoms with Gasteiger partial charge in [0, 0.05) is 25.6 Å². The van der Waals surface area contributed by atoms with Crippen LogP contribution >= 0.6 is 0 Å². The minimum Gasteiger partial charge on any atom is -0.353 e. The molecule has 0 aromatic rings. The Morgan fingerprint density at radius 1 is 1.47 bits per heavy atom. The molecule has 2 rings (SSSR count). The number of hydrogen-bond acceptors (Lipinski definition) is 3. The molecule has 2 heterocycles. The quantitative estimate of drug-likeness (QED) is 0.697. The number of piperazine rings is 1. The molecule has 2 saturated heterocycles. The van der Waals surface area contributed by atoms with Crippen LogP contribution in [0.25, 0.3) is 0 Å². The average Bonchev–Trinajstić information content (AvgIpc) is 2.32. The van der Waals surface area contributed by atoms with Gasteiger partial charge in [0.05, 0.1) is 6.54 Å². The molecule has 2 aliphatic heterocycles. The van der Waals surface area contributed by atoms with E-state index < -0.39 is 0 Å². The summed E-state index contributed by atoms with van der Waals surface area (Å²) in [6.07, 6.45) is 2.90.